The monoisotopic (exact) mass is 684 g/mol. The molecular weight excluding hydrogens is 651 g/mol. The van der Waals surface area contributed by atoms with E-state index in [9.17, 15) is 9.59 Å². The lowest BCUT2D eigenvalue weighted by molar-refractivity contribution is -0.120. The van der Waals surface area contributed by atoms with Crippen molar-refractivity contribution in [2.24, 2.45) is 0 Å². The predicted octanol–water partition coefficient (Wildman–Crippen LogP) is 5.39. The molecule has 4 aliphatic heterocycles. The van der Waals surface area contributed by atoms with E-state index in [0.717, 1.165) is 46.2 Å². The van der Waals surface area contributed by atoms with Crippen LogP contribution in [-0.2, 0) is 9.59 Å². The van der Waals surface area contributed by atoms with Crippen LogP contribution in [0.3, 0.4) is 0 Å². The first-order chi connectivity index (χ1) is 23.4. The van der Waals surface area contributed by atoms with Crippen molar-refractivity contribution in [2.75, 3.05) is 26.3 Å². The quantitative estimate of drug-likeness (QED) is 0.185. The molecule has 6 heterocycles. The maximum atomic E-state index is 11.6. The fraction of sp³-hybridized carbons (Fsp3) is 0.333. The molecule has 2 aromatic heterocycles. The van der Waals surface area contributed by atoms with Gasteiger partial charge in [0.2, 0.25) is 23.6 Å². The van der Waals surface area contributed by atoms with E-state index in [2.05, 4.69) is 21.3 Å². The van der Waals surface area contributed by atoms with Gasteiger partial charge in [0.1, 0.15) is 13.2 Å². The Kier molecular flexibility index (Phi) is 8.42. The lowest BCUT2D eigenvalue weighted by Gasteiger charge is -2.16. The van der Waals surface area contributed by atoms with Gasteiger partial charge in [0.15, 0.2) is 0 Å². The molecule has 4 N–H and O–H groups in total. The number of benzene rings is 2. The van der Waals surface area contributed by atoms with Gasteiger partial charge in [-0.2, -0.15) is 0 Å². The van der Waals surface area contributed by atoms with Crippen LogP contribution in [0.1, 0.15) is 48.9 Å². The Morgan fingerprint density at radius 2 is 1.08 bits per heavy atom. The van der Waals surface area contributed by atoms with Crippen LogP contribution in [0.2, 0.25) is 10.0 Å². The average molecular weight is 686 g/mol. The molecule has 10 nitrogen and oxygen atoms in total. The standard InChI is InChI=1S/C36H34Cl2N6O4/c37-33-21(3-1-5-23(33)27-11-9-25-29(17-47-35(25)43-27)39-15-19-7-13-31(45)41-19)22-4-2-6-24(34(22)38)28-12-10-26-30(18-48-36(26)44-28)40-16-20-8-14-32(46)42-20/h1-6,9-12,19-20,29-30,39-40H,7-8,13-18H2,(H,41,45)(H,42,46)/t19-,20-,29?,30?/m0/s1. The highest BCUT2D eigenvalue weighted by molar-refractivity contribution is 6.39. The number of aromatic nitrogens is 2. The molecule has 2 saturated heterocycles. The summed E-state index contributed by atoms with van der Waals surface area (Å²) in [4.78, 5) is 32.8. The maximum Gasteiger partial charge on any atom is 0.220 e. The van der Waals surface area contributed by atoms with Gasteiger partial charge in [-0.05, 0) is 37.1 Å². The van der Waals surface area contributed by atoms with Crippen LogP contribution in [0.4, 0.5) is 0 Å². The molecule has 48 heavy (non-hydrogen) atoms. The Hall–Kier alpha value is -4.22. The van der Waals surface area contributed by atoms with Crippen LogP contribution in [-0.4, -0.2) is 60.2 Å². The summed E-state index contributed by atoms with van der Waals surface area (Å²) in [6, 6.07) is 19.9. The van der Waals surface area contributed by atoms with Crippen LogP contribution in [0.15, 0.2) is 60.7 Å². The third-order valence-corrected chi connectivity index (χ3v) is 10.3. The van der Waals surface area contributed by atoms with Crippen molar-refractivity contribution in [3.8, 4) is 45.4 Å². The Morgan fingerprint density at radius 1 is 0.646 bits per heavy atom. The van der Waals surface area contributed by atoms with Gasteiger partial charge in [-0.25, -0.2) is 9.97 Å². The highest BCUT2D eigenvalue weighted by Gasteiger charge is 2.30. The minimum absolute atomic E-state index is 0.00366. The maximum absolute atomic E-state index is 11.6. The Labute approximate surface area is 287 Å². The van der Waals surface area contributed by atoms with Crippen molar-refractivity contribution < 1.29 is 19.1 Å². The second-order valence-corrected chi connectivity index (χ2v) is 13.4. The van der Waals surface area contributed by atoms with Gasteiger partial charge < -0.3 is 30.7 Å². The minimum atomic E-state index is 0.00366. The van der Waals surface area contributed by atoms with E-state index >= 15 is 0 Å². The number of pyridine rings is 2. The van der Waals surface area contributed by atoms with Crippen LogP contribution in [0.5, 0.6) is 11.8 Å². The molecule has 246 valence electrons. The topological polar surface area (TPSA) is 126 Å². The number of ether oxygens (including phenoxy) is 2. The number of rotatable bonds is 9. The third kappa shape index (κ3) is 5.98. The van der Waals surface area contributed by atoms with Gasteiger partial charge in [-0.3, -0.25) is 9.59 Å². The smallest absolute Gasteiger partial charge is 0.220 e. The fourth-order valence-corrected chi connectivity index (χ4v) is 7.56. The minimum Gasteiger partial charge on any atom is -0.475 e. The molecular formula is C36H34Cl2N6O4. The first-order valence-corrected chi connectivity index (χ1v) is 17.1. The molecule has 8 rings (SSSR count). The van der Waals surface area contributed by atoms with Crippen molar-refractivity contribution >= 4 is 35.0 Å². The number of fused-ring (bicyclic) bond motifs is 2. The average Bonchev–Trinajstić information content (AvgIpc) is 3.90. The number of nitrogens with one attached hydrogen (secondary N) is 4. The Bertz CT molecular complexity index is 1780. The zero-order valence-electron chi connectivity index (χ0n) is 26.0. The van der Waals surface area contributed by atoms with Gasteiger partial charge in [-0.1, -0.05) is 59.6 Å². The molecule has 2 aromatic carbocycles. The number of amides is 2. The summed E-state index contributed by atoms with van der Waals surface area (Å²) in [6.07, 6.45) is 2.83. The normalized spacial score (nSPS) is 22.5. The summed E-state index contributed by atoms with van der Waals surface area (Å²) in [5.74, 6) is 1.37. The predicted molar refractivity (Wildman–Crippen MR) is 183 cm³/mol. The largest absolute Gasteiger partial charge is 0.475 e. The summed E-state index contributed by atoms with van der Waals surface area (Å²) >= 11 is 14.2. The fourth-order valence-electron chi connectivity index (χ4n) is 6.91. The van der Waals surface area contributed by atoms with Gasteiger partial charge in [-0.15, -0.1) is 0 Å². The van der Waals surface area contributed by atoms with E-state index in [1.54, 1.807) is 0 Å². The molecule has 4 aliphatic rings. The van der Waals surface area contributed by atoms with Crippen LogP contribution in [0, 0.1) is 0 Å². The number of hydrogen-bond donors (Lipinski definition) is 4. The van der Waals surface area contributed by atoms with Crippen molar-refractivity contribution in [1.82, 2.24) is 31.2 Å². The highest BCUT2D eigenvalue weighted by Crippen LogP contribution is 2.43. The van der Waals surface area contributed by atoms with Crippen molar-refractivity contribution in [1.29, 1.82) is 0 Å². The van der Waals surface area contributed by atoms with Crippen LogP contribution in [0.25, 0.3) is 33.6 Å². The second kappa shape index (κ2) is 13.0. The van der Waals surface area contributed by atoms with Crippen LogP contribution >= 0.6 is 23.2 Å². The zero-order chi connectivity index (χ0) is 32.8. The van der Waals surface area contributed by atoms with E-state index in [0.29, 0.717) is 72.3 Å². The first-order valence-electron chi connectivity index (χ1n) is 16.3. The highest BCUT2D eigenvalue weighted by atomic mass is 35.5. The van der Waals surface area contributed by atoms with Crippen molar-refractivity contribution in [3.63, 3.8) is 0 Å². The number of carbonyl (C=O) groups excluding carboxylic acids is 2. The van der Waals surface area contributed by atoms with Gasteiger partial charge in [0, 0.05) is 71.4 Å². The summed E-state index contributed by atoms with van der Waals surface area (Å²) in [7, 11) is 0. The van der Waals surface area contributed by atoms with Crippen LogP contribution < -0.4 is 30.7 Å². The molecule has 2 amide bonds. The molecule has 0 bridgehead atoms. The molecule has 12 heteroatoms. The number of hydrogen-bond acceptors (Lipinski definition) is 8. The Balaban J connectivity index is 1.01. The molecule has 0 radical (unpaired) electrons. The second-order valence-electron chi connectivity index (χ2n) is 12.7. The molecule has 4 aromatic rings. The lowest BCUT2D eigenvalue weighted by Crippen LogP contribution is -2.37. The van der Waals surface area contributed by atoms with Crippen molar-refractivity contribution in [2.45, 2.75) is 49.9 Å². The number of halogens is 2. The van der Waals surface area contributed by atoms with Gasteiger partial charge >= 0.3 is 0 Å². The molecule has 0 saturated carbocycles. The Morgan fingerprint density at radius 3 is 1.50 bits per heavy atom. The number of carbonyl (C=O) groups is 2. The zero-order valence-corrected chi connectivity index (χ0v) is 27.5. The summed E-state index contributed by atoms with van der Waals surface area (Å²) < 4.78 is 11.9. The van der Waals surface area contributed by atoms with E-state index in [-0.39, 0.29) is 36.0 Å². The van der Waals surface area contributed by atoms with E-state index in [4.69, 9.17) is 42.6 Å². The molecule has 2 unspecified atom stereocenters. The molecule has 0 aliphatic carbocycles. The SMILES string of the molecule is O=C1CC[C@@H](CNC2COc3nc(-c4cccc(-c5cccc(-c6ccc7c(n6)OCC7NC[C@@H]6CCC(=O)N6)c5Cl)c4Cl)ccc32)N1. The molecule has 4 atom stereocenters. The lowest BCUT2D eigenvalue weighted by atomic mass is 9.97. The summed E-state index contributed by atoms with van der Waals surface area (Å²) in [5.41, 5.74) is 6.48. The molecule has 0 spiro atoms. The summed E-state index contributed by atoms with van der Waals surface area (Å²) in [5, 5.41) is 14.1. The van der Waals surface area contributed by atoms with Gasteiger partial charge in [0.25, 0.3) is 0 Å². The van der Waals surface area contributed by atoms with E-state index in [1.807, 2.05) is 60.7 Å². The number of nitrogens with zero attached hydrogens (tertiary/aromatic N) is 2. The first kappa shape index (κ1) is 31.1. The van der Waals surface area contributed by atoms with Gasteiger partial charge in [0.05, 0.1) is 33.5 Å². The third-order valence-electron chi connectivity index (χ3n) is 9.53. The van der Waals surface area contributed by atoms with E-state index < -0.39 is 0 Å². The van der Waals surface area contributed by atoms with E-state index in [1.165, 1.54) is 0 Å². The molecule has 2 fully saturated rings. The van der Waals surface area contributed by atoms with Crippen molar-refractivity contribution in [3.05, 3.63) is 81.8 Å². The summed E-state index contributed by atoms with van der Waals surface area (Å²) in [6.45, 7) is 2.31.